The molecule has 15 heavy (non-hydrogen) atoms. The van der Waals surface area contributed by atoms with Crippen LogP contribution in [0.5, 0.6) is 5.75 Å². The van der Waals surface area contributed by atoms with Crippen molar-refractivity contribution in [3.05, 3.63) is 42.2 Å². The van der Waals surface area contributed by atoms with Gasteiger partial charge < -0.3 is 15.0 Å². The number of hydrogen-bond acceptors (Lipinski definition) is 4. The van der Waals surface area contributed by atoms with Crippen LogP contribution in [-0.2, 0) is 6.42 Å². The Balaban J connectivity index is 1.80. The molecule has 1 aromatic carbocycles. The summed E-state index contributed by atoms with van der Waals surface area (Å²) in [7, 11) is 0. The molecule has 0 fully saturated rings. The summed E-state index contributed by atoms with van der Waals surface area (Å²) < 4.78 is 10.4. The summed E-state index contributed by atoms with van der Waals surface area (Å²) in [6.07, 6.45) is 0.666. The monoisotopic (exact) mass is 204 g/mol. The molecule has 2 aromatic rings. The summed E-state index contributed by atoms with van der Waals surface area (Å²) in [6.45, 7) is 0.554. The Morgan fingerprint density at radius 2 is 2.07 bits per heavy atom. The minimum atomic E-state index is 0.407. The molecule has 0 radical (unpaired) electrons. The van der Waals surface area contributed by atoms with E-state index in [1.54, 1.807) is 6.07 Å². The number of hydrogen-bond donors (Lipinski definition) is 1. The van der Waals surface area contributed by atoms with Crippen LogP contribution in [0.2, 0.25) is 0 Å². The summed E-state index contributed by atoms with van der Waals surface area (Å²) in [5, 5.41) is 3.59. The number of rotatable bonds is 4. The lowest BCUT2D eigenvalue weighted by Gasteiger charge is -2.03. The molecular weight excluding hydrogens is 192 g/mol. The molecule has 0 bridgehead atoms. The van der Waals surface area contributed by atoms with Gasteiger partial charge in [0.25, 0.3) is 0 Å². The van der Waals surface area contributed by atoms with Crippen molar-refractivity contribution in [1.82, 2.24) is 5.16 Å². The fraction of sp³-hybridized carbons (Fsp3) is 0.182. The average molecular weight is 204 g/mol. The maximum atomic E-state index is 5.49. The highest BCUT2D eigenvalue weighted by molar-refractivity contribution is 5.26. The topological polar surface area (TPSA) is 61.3 Å². The number of nitrogen functional groups attached to an aromatic ring is 1. The Kier molecular flexibility index (Phi) is 2.88. The first kappa shape index (κ1) is 9.58. The normalized spacial score (nSPS) is 10.1. The predicted molar refractivity (Wildman–Crippen MR) is 56.6 cm³/mol. The Morgan fingerprint density at radius 3 is 2.73 bits per heavy atom. The molecule has 0 aliphatic rings. The van der Waals surface area contributed by atoms with E-state index in [1.165, 1.54) is 0 Å². The maximum absolute atomic E-state index is 5.49. The van der Waals surface area contributed by atoms with Gasteiger partial charge in [-0.3, -0.25) is 0 Å². The number of anilines is 1. The highest BCUT2D eigenvalue weighted by Crippen LogP contribution is 2.10. The second-order valence-electron chi connectivity index (χ2n) is 3.13. The van der Waals surface area contributed by atoms with Gasteiger partial charge in [-0.05, 0) is 12.1 Å². The summed E-state index contributed by atoms with van der Waals surface area (Å²) in [5.74, 6) is 2.00. The predicted octanol–water partition coefficient (Wildman–Crippen LogP) is 1.88. The smallest absolute Gasteiger partial charge is 0.167 e. The van der Waals surface area contributed by atoms with E-state index < -0.39 is 0 Å². The third-order valence-electron chi connectivity index (χ3n) is 1.94. The maximum Gasteiger partial charge on any atom is 0.167 e. The lowest BCUT2D eigenvalue weighted by Crippen LogP contribution is -2.00. The number of benzene rings is 1. The van der Waals surface area contributed by atoms with E-state index in [0.29, 0.717) is 18.8 Å². The van der Waals surface area contributed by atoms with Crippen molar-refractivity contribution in [3.63, 3.8) is 0 Å². The minimum absolute atomic E-state index is 0.407. The number of aromatic nitrogens is 1. The van der Waals surface area contributed by atoms with Gasteiger partial charge in [-0.25, -0.2) is 0 Å². The molecule has 0 amide bonds. The van der Waals surface area contributed by atoms with Gasteiger partial charge >= 0.3 is 0 Å². The van der Waals surface area contributed by atoms with Gasteiger partial charge in [-0.1, -0.05) is 23.4 Å². The van der Waals surface area contributed by atoms with E-state index in [2.05, 4.69) is 5.16 Å². The van der Waals surface area contributed by atoms with Crippen LogP contribution in [0.25, 0.3) is 0 Å². The molecule has 1 aromatic heterocycles. The van der Waals surface area contributed by atoms with Crippen molar-refractivity contribution >= 4 is 5.82 Å². The highest BCUT2D eigenvalue weighted by atomic mass is 16.5. The molecule has 4 nitrogen and oxygen atoms in total. The van der Waals surface area contributed by atoms with E-state index in [9.17, 15) is 0 Å². The van der Waals surface area contributed by atoms with Crippen LogP contribution in [0.3, 0.4) is 0 Å². The van der Waals surface area contributed by atoms with Crippen LogP contribution in [0.4, 0.5) is 5.82 Å². The van der Waals surface area contributed by atoms with Gasteiger partial charge in [0.2, 0.25) is 0 Å². The molecule has 0 aliphatic heterocycles. The Labute approximate surface area is 87.6 Å². The molecule has 78 valence electrons. The summed E-state index contributed by atoms with van der Waals surface area (Å²) >= 11 is 0. The second-order valence-corrected chi connectivity index (χ2v) is 3.13. The number of para-hydroxylation sites is 1. The molecule has 0 saturated heterocycles. The first-order chi connectivity index (χ1) is 7.34. The standard InChI is InChI=1S/C11H12N2O2/c12-11-8-10(15-13-11)6-7-14-9-4-2-1-3-5-9/h1-5,8H,6-7H2,(H2,12,13). The van der Waals surface area contributed by atoms with E-state index >= 15 is 0 Å². The quantitative estimate of drug-likeness (QED) is 0.825. The summed E-state index contributed by atoms with van der Waals surface area (Å²) in [5.41, 5.74) is 5.42. The Hall–Kier alpha value is -1.97. The zero-order valence-corrected chi connectivity index (χ0v) is 8.22. The van der Waals surface area contributed by atoms with Crippen molar-refractivity contribution in [1.29, 1.82) is 0 Å². The lowest BCUT2D eigenvalue weighted by molar-refractivity contribution is 0.296. The zero-order valence-electron chi connectivity index (χ0n) is 8.22. The number of nitrogens with zero attached hydrogens (tertiary/aromatic N) is 1. The fourth-order valence-electron chi connectivity index (χ4n) is 1.23. The molecular formula is C11H12N2O2. The molecule has 4 heteroatoms. The average Bonchev–Trinajstić information content (AvgIpc) is 2.66. The van der Waals surface area contributed by atoms with E-state index in [-0.39, 0.29) is 0 Å². The third-order valence-corrected chi connectivity index (χ3v) is 1.94. The van der Waals surface area contributed by atoms with Crippen LogP contribution in [-0.4, -0.2) is 11.8 Å². The molecule has 0 saturated carbocycles. The molecule has 0 atom stereocenters. The highest BCUT2D eigenvalue weighted by Gasteiger charge is 2.00. The summed E-state index contributed by atoms with van der Waals surface area (Å²) in [4.78, 5) is 0. The Morgan fingerprint density at radius 1 is 1.27 bits per heavy atom. The molecule has 1 heterocycles. The van der Waals surface area contributed by atoms with Gasteiger partial charge in [0.1, 0.15) is 11.5 Å². The van der Waals surface area contributed by atoms with Crippen LogP contribution >= 0.6 is 0 Å². The van der Waals surface area contributed by atoms with Crippen LogP contribution in [0.1, 0.15) is 5.76 Å². The van der Waals surface area contributed by atoms with Crippen molar-refractivity contribution < 1.29 is 9.26 Å². The van der Waals surface area contributed by atoms with E-state index in [4.69, 9.17) is 15.0 Å². The fourth-order valence-corrected chi connectivity index (χ4v) is 1.23. The minimum Gasteiger partial charge on any atom is -0.493 e. The molecule has 2 N–H and O–H groups in total. The van der Waals surface area contributed by atoms with Crippen molar-refractivity contribution in [2.24, 2.45) is 0 Å². The van der Waals surface area contributed by atoms with Gasteiger partial charge in [0.05, 0.1) is 6.61 Å². The largest absolute Gasteiger partial charge is 0.493 e. The molecule has 0 aliphatic carbocycles. The van der Waals surface area contributed by atoms with Crippen molar-refractivity contribution in [3.8, 4) is 5.75 Å². The van der Waals surface area contributed by atoms with Gasteiger partial charge in [-0.2, -0.15) is 0 Å². The van der Waals surface area contributed by atoms with Crippen LogP contribution < -0.4 is 10.5 Å². The molecule has 2 rings (SSSR count). The molecule has 0 unspecified atom stereocenters. The van der Waals surface area contributed by atoms with Crippen LogP contribution in [0.15, 0.2) is 40.9 Å². The second kappa shape index (κ2) is 4.50. The number of ether oxygens (including phenoxy) is 1. The third kappa shape index (κ3) is 2.74. The van der Waals surface area contributed by atoms with Gasteiger partial charge in [0, 0.05) is 12.5 Å². The molecule has 0 spiro atoms. The van der Waals surface area contributed by atoms with Gasteiger partial charge in [-0.15, -0.1) is 0 Å². The lowest BCUT2D eigenvalue weighted by atomic mass is 10.3. The number of nitrogens with two attached hydrogens (primary N) is 1. The van der Waals surface area contributed by atoms with Gasteiger partial charge in [0.15, 0.2) is 5.82 Å². The van der Waals surface area contributed by atoms with Crippen molar-refractivity contribution in [2.45, 2.75) is 6.42 Å². The van der Waals surface area contributed by atoms with E-state index in [1.807, 2.05) is 30.3 Å². The first-order valence-corrected chi connectivity index (χ1v) is 4.73. The zero-order chi connectivity index (χ0) is 10.5. The first-order valence-electron chi connectivity index (χ1n) is 4.73. The van der Waals surface area contributed by atoms with Crippen molar-refractivity contribution in [2.75, 3.05) is 12.3 Å². The summed E-state index contributed by atoms with van der Waals surface area (Å²) in [6, 6.07) is 11.3. The van der Waals surface area contributed by atoms with Crippen LogP contribution in [0, 0.1) is 0 Å². The van der Waals surface area contributed by atoms with E-state index in [0.717, 1.165) is 11.5 Å². The SMILES string of the molecule is Nc1cc(CCOc2ccccc2)on1. The Bertz CT molecular complexity index is 412.